The van der Waals surface area contributed by atoms with E-state index in [1.54, 1.807) is 12.1 Å². The van der Waals surface area contributed by atoms with E-state index >= 15 is 0 Å². The normalized spacial score (nSPS) is 12.5. The second kappa shape index (κ2) is 5.63. The largest absolute Gasteiger partial charge is 0.384 e. The van der Waals surface area contributed by atoms with Gasteiger partial charge in [0.05, 0.1) is 0 Å². The van der Waals surface area contributed by atoms with Crippen LogP contribution in [-0.2, 0) is 0 Å². The van der Waals surface area contributed by atoms with Crippen LogP contribution >= 0.6 is 38.5 Å². The van der Waals surface area contributed by atoms with Crippen LogP contribution in [0, 0.1) is 15.2 Å². The lowest BCUT2D eigenvalue weighted by molar-refractivity contribution is 0.212. The van der Waals surface area contributed by atoms with Crippen molar-refractivity contribution < 1.29 is 13.9 Å². The lowest BCUT2D eigenvalue weighted by Crippen LogP contribution is -2.05. The molecule has 0 fully saturated rings. The second-order valence-electron chi connectivity index (χ2n) is 3.71. The molecule has 0 bridgehead atoms. The van der Waals surface area contributed by atoms with Crippen molar-refractivity contribution in [3.8, 4) is 0 Å². The van der Waals surface area contributed by atoms with Crippen LogP contribution in [0.2, 0.25) is 0 Å². The third-order valence-corrected chi connectivity index (χ3v) is 3.92. The Kier molecular flexibility index (Phi) is 4.34. The van der Waals surface area contributed by atoms with Crippen LogP contribution in [0.5, 0.6) is 0 Å². The van der Waals surface area contributed by atoms with Gasteiger partial charge in [-0.05, 0) is 46.9 Å². The van der Waals surface area contributed by atoms with Crippen molar-refractivity contribution in [1.82, 2.24) is 0 Å². The van der Waals surface area contributed by atoms with E-state index in [-0.39, 0.29) is 5.56 Å². The maximum absolute atomic E-state index is 13.6. The van der Waals surface area contributed by atoms with Crippen LogP contribution in [0.4, 0.5) is 8.78 Å². The van der Waals surface area contributed by atoms with Gasteiger partial charge in [-0.15, -0.1) is 0 Å². The Labute approximate surface area is 125 Å². The molecular formula is C13H8BrF2IO. The Morgan fingerprint density at radius 1 is 1.11 bits per heavy atom. The highest BCUT2D eigenvalue weighted by Crippen LogP contribution is 2.31. The maximum atomic E-state index is 13.6. The fourth-order valence-corrected chi connectivity index (χ4v) is 2.60. The van der Waals surface area contributed by atoms with E-state index in [9.17, 15) is 13.9 Å². The minimum atomic E-state index is -1.20. The van der Waals surface area contributed by atoms with Crippen molar-refractivity contribution in [2.45, 2.75) is 6.10 Å². The number of benzene rings is 2. The standard InChI is InChI=1S/C13H8BrF2IO/c14-10-5-4-7(17)6-9(10)13(18)8-2-1-3-11(15)12(8)16/h1-6,13,18H. The zero-order valence-electron chi connectivity index (χ0n) is 9.00. The quantitative estimate of drug-likeness (QED) is 0.708. The number of aliphatic hydroxyl groups excluding tert-OH is 1. The highest BCUT2D eigenvalue weighted by atomic mass is 127. The summed E-state index contributed by atoms with van der Waals surface area (Å²) in [7, 11) is 0. The van der Waals surface area contributed by atoms with E-state index in [4.69, 9.17) is 0 Å². The molecule has 1 N–H and O–H groups in total. The Morgan fingerprint density at radius 3 is 2.56 bits per heavy atom. The molecule has 1 atom stereocenters. The highest BCUT2D eigenvalue weighted by molar-refractivity contribution is 14.1. The molecule has 2 aromatic carbocycles. The lowest BCUT2D eigenvalue weighted by atomic mass is 10.0. The second-order valence-corrected chi connectivity index (χ2v) is 5.81. The van der Waals surface area contributed by atoms with Gasteiger partial charge in [-0.2, -0.15) is 0 Å². The van der Waals surface area contributed by atoms with Crippen LogP contribution in [0.15, 0.2) is 40.9 Å². The molecule has 0 spiro atoms. The molecule has 94 valence electrons. The number of hydrogen-bond donors (Lipinski definition) is 1. The van der Waals surface area contributed by atoms with Crippen LogP contribution in [0.3, 0.4) is 0 Å². The van der Waals surface area contributed by atoms with Crippen LogP contribution in [0.1, 0.15) is 17.2 Å². The molecule has 5 heteroatoms. The zero-order valence-corrected chi connectivity index (χ0v) is 12.7. The molecule has 0 heterocycles. The van der Waals surface area contributed by atoms with Gasteiger partial charge in [-0.25, -0.2) is 8.78 Å². The van der Waals surface area contributed by atoms with Gasteiger partial charge in [0.15, 0.2) is 11.6 Å². The third kappa shape index (κ3) is 2.73. The monoisotopic (exact) mass is 424 g/mol. The van der Waals surface area contributed by atoms with Crippen molar-refractivity contribution in [3.63, 3.8) is 0 Å². The first-order chi connectivity index (χ1) is 8.50. The Balaban J connectivity index is 2.51. The van der Waals surface area contributed by atoms with Crippen molar-refractivity contribution in [1.29, 1.82) is 0 Å². The van der Waals surface area contributed by atoms with E-state index < -0.39 is 17.7 Å². The molecule has 2 aromatic rings. The number of rotatable bonds is 2. The molecule has 18 heavy (non-hydrogen) atoms. The van der Waals surface area contributed by atoms with Gasteiger partial charge < -0.3 is 5.11 Å². The minimum absolute atomic E-state index is 0.0716. The van der Waals surface area contributed by atoms with Gasteiger partial charge in [0.1, 0.15) is 6.10 Å². The molecule has 2 rings (SSSR count). The molecule has 0 aromatic heterocycles. The van der Waals surface area contributed by atoms with Gasteiger partial charge in [0.25, 0.3) is 0 Å². The Morgan fingerprint density at radius 2 is 1.83 bits per heavy atom. The minimum Gasteiger partial charge on any atom is -0.384 e. The van der Waals surface area contributed by atoms with E-state index in [0.717, 1.165) is 9.64 Å². The molecule has 1 nitrogen and oxygen atoms in total. The van der Waals surface area contributed by atoms with E-state index in [0.29, 0.717) is 10.0 Å². The van der Waals surface area contributed by atoms with E-state index in [2.05, 4.69) is 38.5 Å². The van der Waals surface area contributed by atoms with Gasteiger partial charge in [0.2, 0.25) is 0 Å². The molecule has 0 saturated heterocycles. The summed E-state index contributed by atoms with van der Waals surface area (Å²) in [6, 6.07) is 9.10. The fourth-order valence-electron chi connectivity index (χ4n) is 1.62. The van der Waals surface area contributed by atoms with Crippen LogP contribution in [-0.4, -0.2) is 5.11 Å². The smallest absolute Gasteiger partial charge is 0.164 e. The number of aliphatic hydroxyl groups is 1. The first-order valence-electron chi connectivity index (χ1n) is 5.07. The topological polar surface area (TPSA) is 20.2 Å². The molecule has 0 aliphatic heterocycles. The van der Waals surface area contributed by atoms with E-state index in [1.807, 2.05) is 6.07 Å². The Bertz CT molecular complexity index is 587. The van der Waals surface area contributed by atoms with Crippen LogP contribution < -0.4 is 0 Å². The molecule has 1 unspecified atom stereocenters. The van der Waals surface area contributed by atoms with Gasteiger partial charge in [0, 0.05) is 19.2 Å². The average Bonchev–Trinajstić information content (AvgIpc) is 2.35. The van der Waals surface area contributed by atoms with Crippen molar-refractivity contribution >= 4 is 38.5 Å². The predicted octanol–water partition coefficient (Wildman–Crippen LogP) is 4.41. The summed E-state index contributed by atoms with van der Waals surface area (Å²) in [4.78, 5) is 0. The summed E-state index contributed by atoms with van der Waals surface area (Å²) < 4.78 is 28.3. The highest BCUT2D eigenvalue weighted by Gasteiger charge is 2.19. The SMILES string of the molecule is OC(c1cc(I)ccc1Br)c1cccc(F)c1F. The van der Waals surface area contributed by atoms with Gasteiger partial charge >= 0.3 is 0 Å². The van der Waals surface area contributed by atoms with E-state index in [1.165, 1.54) is 12.1 Å². The summed E-state index contributed by atoms with van der Waals surface area (Å²) in [6.45, 7) is 0. The summed E-state index contributed by atoms with van der Waals surface area (Å²) in [5, 5.41) is 10.2. The van der Waals surface area contributed by atoms with Crippen LogP contribution in [0.25, 0.3) is 0 Å². The first-order valence-corrected chi connectivity index (χ1v) is 6.95. The van der Waals surface area contributed by atoms with Gasteiger partial charge in [-0.3, -0.25) is 0 Å². The first kappa shape index (κ1) is 13.9. The lowest BCUT2D eigenvalue weighted by Gasteiger charge is -2.14. The summed E-state index contributed by atoms with van der Waals surface area (Å²) in [5.74, 6) is -1.98. The summed E-state index contributed by atoms with van der Waals surface area (Å²) >= 11 is 5.38. The average molecular weight is 425 g/mol. The molecule has 0 aliphatic carbocycles. The fraction of sp³-hybridized carbons (Fsp3) is 0.0769. The van der Waals surface area contributed by atoms with Gasteiger partial charge in [-0.1, -0.05) is 28.1 Å². The molecular weight excluding hydrogens is 417 g/mol. The molecule has 0 amide bonds. The molecule has 0 radical (unpaired) electrons. The number of hydrogen-bond acceptors (Lipinski definition) is 1. The summed E-state index contributed by atoms with van der Waals surface area (Å²) in [5.41, 5.74) is 0.434. The van der Waals surface area contributed by atoms with Crippen molar-refractivity contribution in [2.24, 2.45) is 0 Å². The molecule has 0 saturated carbocycles. The third-order valence-electron chi connectivity index (χ3n) is 2.53. The Hall–Kier alpha value is -0.530. The number of halogens is 4. The summed E-state index contributed by atoms with van der Waals surface area (Å²) in [6.07, 6.45) is -1.20. The van der Waals surface area contributed by atoms with Crippen molar-refractivity contribution in [2.75, 3.05) is 0 Å². The molecule has 0 aliphatic rings. The zero-order chi connectivity index (χ0) is 13.3. The maximum Gasteiger partial charge on any atom is 0.164 e. The predicted molar refractivity (Wildman–Crippen MR) is 77.3 cm³/mol. The van der Waals surface area contributed by atoms with Crippen molar-refractivity contribution in [3.05, 3.63) is 67.2 Å².